The van der Waals surface area contributed by atoms with Gasteiger partial charge in [-0.05, 0) is 32.2 Å². The summed E-state index contributed by atoms with van der Waals surface area (Å²) in [5, 5.41) is 4.74. The van der Waals surface area contributed by atoms with Crippen LogP contribution < -0.4 is 10.2 Å². The van der Waals surface area contributed by atoms with E-state index in [2.05, 4.69) is 17.1 Å². The summed E-state index contributed by atoms with van der Waals surface area (Å²) in [5.41, 5.74) is 1.37. The summed E-state index contributed by atoms with van der Waals surface area (Å²) in [6, 6.07) is 0. The third kappa shape index (κ3) is 3.51. The lowest BCUT2D eigenvalue weighted by Gasteiger charge is -2.17. The van der Waals surface area contributed by atoms with E-state index in [1.807, 2.05) is 11.3 Å². The fraction of sp³-hybridized carbons (Fsp3) is 0.800. The summed E-state index contributed by atoms with van der Waals surface area (Å²) in [6.45, 7) is 8.09. The van der Waals surface area contributed by atoms with Gasteiger partial charge in [0.1, 0.15) is 0 Å². The molecule has 0 unspecified atom stereocenters. The summed E-state index contributed by atoms with van der Waals surface area (Å²) < 4.78 is 5.55. The molecule has 2 aliphatic rings. The zero-order valence-corrected chi connectivity index (χ0v) is 13.2. The molecule has 20 heavy (non-hydrogen) atoms. The van der Waals surface area contributed by atoms with Crippen LogP contribution in [0.4, 0.5) is 5.13 Å². The first-order valence-corrected chi connectivity index (χ1v) is 8.73. The van der Waals surface area contributed by atoms with E-state index < -0.39 is 0 Å². The minimum atomic E-state index is 0.738. The summed E-state index contributed by atoms with van der Waals surface area (Å²) >= 11 is 1.89. The molecule has 1 aliphatic heterocycles. The Morgan fingerprint density at radius 1 is 1.35 bits per heavy atom. The second kappa shape index (κ2) is 6.87. The number of nitrogens with zero attached hydrogens (tertiary/aromatic N) is 2. The molecule has 3 rings (SSSR count). The third-order valence-corrected chi connectivity index (χ3v) is 5.02. The van der Waals surface area contributed by atoms with E-state index in [9.17, 15) is 0 Å². The van der Waals surface area contributed by atoms with Crippen molar-refractivity contribution >= 4 is 16.5 Å². The van der Waals surface area contributed by atoms with E-state index in [1.165, 1.54) is 35.0 Å². The highest BCUT2D eigenvalue weighted by atomic mass is 32.1. The smallest absolute Gasteiger partial charge is 0.185 e. The highest BCUT2D eigenvalue weighted by molar-refractivity contribution is 7.15. The first-order valence-electron chi connectivity index (χ1n) is 7.91. The van der Waals surface area contributed by atoms with Crippen molar-refractivity contribution < 1.29 is 4.74 Å². The molecule has 1 aliphatic carbocycles. The lowest BCUT2D eigenvalue weighted by molar-refractivity contribution is 0.152. The number of aromatic nitrogens is 1. The van der Waals surface area contributed by atoms with E-state index >= 15 is 0 Å². The Hall–Kier alpha value is -0.650. The quantitative estimate of drug-likeness (QED) is 0.819. The van der Waals surface area contributed by atoms with Gasteiger partial charge in [0.15, 0.2) is 5.13 Å². The Balaban J connectivity index is 1.71. The maximum Gasteiger partial charge on any atom is 0.185 e. The monoisotopic (exact) mass is 295 g/mol. The standard InChI is InChI=1S/C15H25N3OS/c1-2-6-16-11-13-14(12-4-5-12)17-15(20-13)18-7-3-9-19-10-8-18/h12,16H,2-11H2,1H3. The SMILES string of the molecule is CCCNCc1sc(N2CCCOCC2)nc1C1CC1. The van der Waals surface area contributed by atoms with Gasteiger partial charge in [-0.3, -0.25) is 0 Å². The second-order valence-corrected chi connectivity index (χ2v) is 6.77. The van der Waals surface area contributed by atoms with Crippen LogP contribution in [0.15, 0.2) is 0 Å². The van der Waals surface area contributed by atoms with Gasteiger partial charge in [0, 0.05) is 37.0 Å². The van der Waals surface area contributed by atoms with Gasteiger partial charge in [-0.1, -0.05) is 6.92 Å². The Bertz CT molecular complexity index is 423. The van der Waals surface area contributed by atoms with E-state index in [-0.39, 0.29) is 0 Å². The minimum absolute atomic E-state index is 0.738. The van der Waals surface area contributed by atoms with Gasteiger partial charge in [0.2, 0.25) is 0 Å². The van der Waals surface area contributed by atoms with Gasteiger partial charge in [-0.15, -0.1) is 11.3 Å². The van der Waals surface area contributed by atoms with Gasteiger partial charge in [-0.25, -0.2) is 4.98 Å². The average molecular weight is 295 g/mol. The maximum absolute atomic E-state index is 5.55. The van der Waals surface area contributed by atoms with Crippen molar-refractivity contribution in [3.05, 3.63) is 10.6 Å². The van der Waals surface area contributed by atoms with Crippen LogP contribution in [0.25, 0.3) is 0 Å². The van der Waals surface area contributed by atoms with Crippen molar-refractivity contribution in [3.63, 3.8) is 0 Å². The summed E-state index contributed by atoms with van der Waals surface area (Å²) in [7, 11) is 0. The van der Waals surface area contributed by atoms with Crippen LogP contribution in [0.2, 0.25) is 0 Å². The first-order chi connectivity index (χ1) is 9.88. The van der Waals surface area contributed by atoms with Crippen LogP contribution in [0.3, 0.4) is 0 Å². The Kier molecular flexibility index (Phi) is 4.91. The fourth-order valence-corrected chi connectivity index (χ4v) is 3.77. The van der Waals surface area contributed by atoms with Crippen LogP contribution >= 0.6 is 11.3 Å². The molecule has 0 amide bonds. The van der Waals surface area contributed by atoms with Crippen LogP contribution in [0.5, 0.6) is 0 Å². The molecule has 1 N–H and O–H groups in total. The number of nitrogens with one attached hydrogen (secondary N) is 1. The fourth-order valence-electron chi connectivity index (χ4n) is 2.60. The molecular weight excluding hydrogens is 270 g/mol. The summed E-state index contributed by atoms with van der Waals surface area (Å²) in [4.78, 5) is 8.83. The number of hydrogen-bond acceptors (Lipinski definition) is 5. The van der Waals surface area contributed by atoms with Gasteiger partial charge < -0.3 is 15.0 Å². The van der Waals surface area contributed by atoms with Crippen molar-refractivity contribution in [2.24, 2.45) is 0 Å². The molecule has 0 aromatic carbocycles. The lowest BCUT2D eigenvalue weighted by Crippen LogP contribution is -2.25. The molecule has 4 nitrogen and oxygen atoms in total. The van der Waals surface area contributed by atoms with E-state index in [1.54, 1.807) is 0 Å². The van der Waals surface area contributed by atoms with Gasteiger partial charge in [0.25, 0.3) is 0 Å². The minimum Gasteiger partial charge on any atom is -0.380 e. The summed E-state index contributed by atoms with van der Waals surface area (Å²) in [5.74, 6) is 0.738. The third-order valence-electron chi connectivity index (χ3n) is 3.89. The predicted octanol–water partition coefficient (Wildman–Crippen LogP) is 2.75. The molecule has 1 saturated heterocycles. The topological polar surface area (TPSA) is 37.4 Å². The molecular formula is C15H25N3OS. The zero-order chi connectivity index (χ0) is 13.8. The average Bonchev–Trinajstić information content (AvgIpc) is 3.26. The van der Waals surface area contributed by atoms with Crippen molar-refractivity contribution in [2.45, 2.75) is 45.1 Å². The lowest BCUT2D eigenvalue weighted by atomic mass is 10.2. The molecule has 0 spiro atoms. The van der Waals surface area contributed by atoms with Crippen LogP contribution in [-0.4, -0.2) is 37.8 Å². The van der Waals surface area contributed by atoms with E-state index in [0.29, 0.717) is 0 Å². The van der Waals surface area contributed by atoms with Crippen molar-refractivity contribution in [1.29, 1.82) is 0 Å². The highest BCUT2D eigenvalue weighted by Gasteiger charge is 2.30. The van der Waals surface area contributed by atoms with E-state index in [0.717, 1.165) is 51.7 Å². The molecule has 2 fully saturated rings. The van der Waals surface area contributed by atoms with E-state index in [4.69, 9.17) is 9.72 Å². The molecule has 0 bridgehead atoms. The van der Waals surface area contributed by atoms with Crippen molar-refractivity contribution in [2.75, 3.05) is 37.7 Å². The molecule has 112 valence electrons. The number of anilines is 1. The molecule has 1 aromatic heterocycles. The van der Waals surface area contributed by atoms with Crippen LogP contribution in [-0.2, 0) is 11.3 Å². The number of rotatable bonds is 6. The highest BCUT2D eigenvalue weighted by Crippen LogP contribution is 2.44. The van der Waals surface area contributed by atoms with Gasteiger partial charge in [0.05, 0.1) is 12.3 Å². The Morgan fingerprint density at radius 2 is 2.25 bits per heavy atom. The number of hydrogen-bond donors (Lipinski definition) is 1. The molecule has 1 saturated carbocycles. The summed E-state index contributed by atoms with van der Waals surface area (Å²) in [6.07, 6.45) is 4.95. The molecule has 2 heterocycles. The molecule has 1 aromatic rings. The maximum atomic E-state index is 5.55. The molecule has 0 atom stereocenters. The van der Waals surface area contributed by atoms with Gasteiger partial charge >= 0.3 is 0 Å². The zero-order valence-electron chi connectivity index (χ0n) is 12.4. The first kappa shape index (κ1) is 14.3. The van der Waals surface area contributed by atoms with Crippen molar-refractivity contribution in [3.8, 4) is 0 Å². The van der Waals surface area contributed by atoms with Crippen LogP contribution in [0.1, 0.15) is 49.1 Å². The second-order valence-electron chi connectivity index (χ2n) is 5.71. The normalized spacial score (nSPS) is 20.1. The van der Waals surface area contributed by atoms with Crippen molar-refractivity contribution in [1.82, 2.24) is 10.3 Å². The molecule has 0 radical (unpaired) electrons. The Labute approximate surface area is 125 Å². The number of ether oxygens (including phenoxy) is 1. The predicted molar refractivity (Wildman–Crippen MR) is 83.7 cm³/mol. The number of thiazole rings is 1. The molecule has 5 heteroatoms. The van der Waals surface area contributed by atoms with Crippen LogP contribution in [0, 0.1) is 0 Å². The van der Waals surface area contributed by atoms with Gasteiger partial charge in [-0.2, -0.15) is 0 Å². The largest absolute Gasteiger partial charge is 0.380 e. The Morgan fingerprint density at radius 3 is 3.05 bits per heavy atom.